The van der Waals surface area contributed by atoms with E-state index in [1.54, 1.807) is 14.1 Å². The van der Waals surface area contributed by atoms with Gasteiger partial charge in [0, 0.05) is 19.7 Å². The van der Waals surface area contributed by atoms with Crippen LogP contribution < -0.4 is 5.73 Å². The molecule has 0 spiro atoms. The minimum Gasteiger partial charge on any atom is -0.507 e. The molecule has 2 amide bonds. The van der Waals surface area contributed by atoms with Gasteiger partial charge in [0.2, 0.25) is 5.91 Å². The lowest BCUT2D eigenvalue weighted by atomic mass is 10.1. The predicted molar refractivity (Wildman–Crippen MR) is 54.6 cm³/mol. The number of carbonyl (C=O) groups excluding carboxylic acids is 2. The van der Waals surface area contributed by atoms with Crippen molar-refractivity contribution >= 4 is 11.8 Å². The van der Waals surface area contributed by atoms with E-state index in [-0.39, 0.29) is 22.8 Å². The van der Waals surface area contributed by atoms with Crippen LogP contribution in [0.2, 0.25) is 0 Å². The molecule has 5 nitrogen and oxygen atoms in total. The summed E-state index contributed by atoms with van der Waals surface area (Å²) >= 11 is 0. The number of phenols is 1. The summed E-state index contributed by atoms with van der Waals surface area (Å²) in [5.41, 5.74) is 5.32. The molecule has 0 aliphatic carbocycles. The molecule has 3 N–H and O–H groups in total. The fourth-order valence-corrected chi connectivity index (χ4v) is 1.10. The molecule has 0 saturated heterocycles. The second-order valence-electron chi connectivity index (χ2n) is 3.30. The van der Waals surface area contributed by atoms with E-state index >= 15 is 0 Å². The van der Waals surface area contributed by atoms with Crippen molar-refractivity contribution in [3.8, 4) is 5.75 Å². The van der Waals surface area contributed by atoms with Crippen molar-refractivity contribution in [1.29, 1.82) is 0 Å². The Morgan fingerprint density at radius 1 is 1.33 bits per heavy atom. The molecule has 15 heavy (non-hydrogen) atoms. The maximum Gasteiger partial charge on any atom is 0.257 e. The number of amides is 2. The number of nitrogens with zero attached hydrogens (tertiary/aromatic N) is 1. The molecule has 0 saturated carbocycles. The SMILES string of the molecule is CN(C)C(=O)c1cc(C(N)=O)ccc1O. The predicted octanol–water partition coefficient (Wildman–Crippen LogP) is 0.193. The molecule has 80 valence electrons. The van der Waals surface area contributed by atoms with Gasteiger partial charge >= 0.3 is 0 Å². The smallest absolute Gasteiger partial charge is 0.257 e. The monoisotopic (exact) mass is 208 g/mol. The highest BCUT2D eigenvalue weighted by molar-refractivity contribution is 6.00. The van der Waals surface area contributed by atoms with Crippen LogP contribution in [0.1, 0.15) is 20.7 Å². The summed E-state index contributed by atoms with van der Waals surface area (Å²) in [5.74, 6) is -1.18. The van der Waals surface area contributed by atoms with Crippen LogP contribution in [-0.2, 0) is 0 Å². The number of rotatable bonds is 2. The molecule has 5 heteroatoms. The van der Waals surface area contributed by atoms with Crippen molar-refractivity contribution in [1.82, 2.24) is 4.90 Å². The maximum absolute atomic E-state index is 11.6. The second-order valence-corrected chi connectivity index (χ2v) is 3.30. The highest BCUT2D eigenvalue weighted by atomic mass is 16.3. The largest absolute Gasteiger partial charge is 0.507 e. The van der Waals surface area contributed by atoms with Crippen molar-refractivity contribution in [3.05, 3.63) is 29.3 Å². The number of carbonyl (C=O) groups is 2. The fourth-order valence-electron chi connectivity index (χ4n) is 1.10. The lowest BCUT2D eigenvalue weighted by molar-refractivity contribution is 0.0824. The standard InChI is InChI=1S/C10H12N2O3/c1-12(2)10(15)7-5-6(9(11)14)3-4-8(7)13/h3-5,13H,1-2H3,(H2,11,14). The van der Waals surface area contributed by atoms with Crippen molar-refractivity contribution in [2.45, 2.75) is 0 Å². The van der Waals surface area contributed by atoms with Crippen LogP contribution in [0.15, 0.2) is 18.2 Å². The first-order valence-corrected chi connectivity index (χ1v) is 4.28. The van der Waals surface area contributed by atoms with Gasteiger partial charge in [-0.3, -0.25) is 9.59 Å². The van der Waals surface area contributed by atoms with E-state index < -0.39 is 5.91 Å². The van der Waals surface area contributed by atoms with E-state index in [1.807, 2.05) is 0 Å². The molecule has 0 aromatic heterocycles. The van der Waals surface area contributed by atoms with Crippen molar-refractivity contribution in [2.75, 3.05) is 14.1 Å². The minimum absolute atomic E-state index is 0.0660. The first-order valence-electron chi connectivity index (χ1n) is 4.28. The van der Waals surface area contributed by atoms with E-state index in [9.17, 15) is 14.7 Å². The average molecular weight is 208 g/mol. The van der Waals surface area contributed by atoms with Gasteiger partial charge in [0.05, 0.1) is 5.56 Å². The van der Waals surface area contributed by atoms with Crippen molar-refractivity contribution in [3.63, 3.8) is 0 Å². The van der Waals surface area contributed by atoms with E-state index in [0.717, 1.165) is 0 Å². The van der Waals surface area contributed by atoms with Gasteiger partial charge in [-0.1, -0.05) is 0 Å². The van der Waals surface area contributed by atoms with Gasteiger partial charge < -0.3 is 15.7 Å². The number of nitrogens with two attached hydrogens (primary N) is 1. The summed E-state index contributed by atoms with van der Waals surface area (Å²) in [4.78, 5) is 23.7. The average Bonchev–Trinajstić information content (AvgIpc) is 2.16. The Bertz CT molecular complexity index is 413. The molecule has 0 radical (unpaired) electrons. The Balaban J connectivity index is 3.22. The number of hydrogen-bond donors (Lipinski definition) is 2. The van der Waals surface area contributed by atoms with Gasteiger partial charge in [-0.2, -0.15) is 0 Å². The third-order valence-electron chi connectivity index (χ3n) is 1.92. The molecule has 0 bridgehead atoms. The number of aromatic hydroxyl groups is 1. The zero-order chi connectivity index (χ0) is 11.6. The molecule has 0 fully saturated rings. The van der Waals surface area contributed by atoms with Gasteiger partial charge in [-0.05, 0) is 18.2 Å². The molecule has 0 aliphatic rings. The molecular formula is C10H12N2O3. The molecule has 0 unspecified atom stereocenters. The number of hydrogen-bond acceptors (Lipinski definition) is 3. The van der Waals surface area contributed by atoms with Crippen LogP contribution in [0.4, 0.5) is 0 Å². The summed E-state index contributed by atoms with van der Waals surface area (Å²) in [6, 6.07) is 3.92. The van der Waals surface area contributed by atoms with Crippen LogP contribution in [0.25, 0.3) is 0 Å². The Labute approximate surface area is 87.1 Å². The van der Waals surface area contributed by atoms with Crippen LogP contribution >= 0.6 is 0 Å². The van der Waals surface area contributed by atoms with Crippen LogP contribution in [0.5, 0.6) is 5.75 Å². The lowest BCUT2D eigenvalue weighted by Gasteiger charge is -2.11. The Morgan fingerprint density at radius 2 is 1.93 bits per heavy atom. The first-order chi connectivity index (χ1) is 6.93. The van der Waals surface area contributed by atoms with Crippen molar-refractivity contribution < 1.29 is 14.7 Å². The highest BCUT2D eigenvalue weighted by Gasteiger charge is 2.14. The third kappa shape index (κ3) is 2.25. The third-order valence-corrected chi connectivity index (χ3v) is 1.92. The first kappa shape index (κ1) is 11.0. The Morgan fingerprint density at radius 3 is 2.40 bits per heavy atom. The summed E-state index contributed by atoms with van der Waals surface area (Å²) in [6.07, 6.45) is 0. The van der Waals surface area contributed by atoms with E-state index in [2.05, 4.69) is 0 Å². The zero-order valence-electron chi connectivity index (χ0n) is 8.52. The summed E-state index contributed by atoms with van der Waals surface area (Å²) in [5, 5.41) is 9.44. The van der Waals surface area contributed by atoms with Gasteiger partial charge in [0.15, 0.2) is 0 Å². The Hall–Kier alpha value is -2.04. The molecular weight excluding hydrogens is 196 g/mol. The number of primary amides is 1. The molecule has 0 aliphatic heterocycles. The minimum atomic E-state index is -0.636. The van der Waals surface area contributed by atoms with Crippen LogP contribution in [0.3, 0.4) is 0 Å². The summed E-state index contributed by atoms with van der Waals surface area (Å²) in [7, 11) is 3.11. The molecule has 1 aromatic rings. The van der Waals surface area contributed by atoms with Gasteiger partial charge in [-0.25, -0.2) is 0 Å². The van der Waals surface area contributed by atoms with Gasteiger partial charge in [-0.15, -0.1) is 0 Å². The fraction of sp³-hybridized carbons (Fsp3) is 0.200. The molecule has 1 aromatic carbocycles. The maximum atomic E-state index is 11.6. The quantitative estimate of drug-likeness (QED) is 0.727. The van der Waals surface area contributed by atoms with Crippen LogP contribution in [-0.4, -0.2) is 35.9 Å². The topological polar surface area (TPSA) is 83.6 Å². The zero-order valence-corrected chi connectivity index (χ0v) is 8.52. The van der Waals surface area contributed by atoms with E-state index in [4.69, 9.17) is 5.73 Å². The van der Waals surface area contributed by atoms with E-state index in [0.29, 0.717) is 0 Å². The van der Waals surface area contributed by atoms with E-state index in [1.165, 1.54) is 23.1 Å². The van der Waals surface area contributed by atoms with Crippen molar-refractivity contribution in [2.24, 2.45) is 5.73 Å². The molecule has 1 rings (SSSR count). The van der Waals surface area contributed by atoms with Gasteiger partial charge in [0.25, 0.3) is 5.91 Å². The highest BCUT2D eigenvalue weighted by Crippen LogP contribution is 2.19. The lowest BCUT2D eigenvalue weighted by Crippen LogP contribution is -2.22. The van der Waals surface area contributed by atoms with Crippen LogP contribution in [0, 0.1) is 0 Å². The number of benzene rings is 1. The molecule has 0 heterocycles. The summed E-state index contributed by atoms with van der Waals surface area (Å²) in [6.45, 7) is 0. The Kier molecular flexibility index (Phi) is 2.94. The number of phenolic OH excluding ortho intramolecular Hbond substituents is 1. The second kappa shape index (κ2) is 4.00. The normalized spacial score (nSPS) is 9.73. The summed E-state index contributed by atoms with van der Waals surface area (Å²) < 4.78 is 0. The molecule has 0 atom stereocenters. The van der Waals surface area contributed by atoms with Gasteiger partial charge in [0.1, 0.15) is 5.75 Å².